The van der Waals surface area contributed by atoms with Gasteiger partial charge in [-0.05, 0) is 66.1 Å². The van der Waals surface area contributed by atoms with E-state index in [1.807, 2.05) is 18.5 Å². The van der Waals surface area contributed by atoms with Gasteiger partial charge in [0.15, 0.2) is 0 Å². The number of nitrogens with one attached hydrogen (secondary N) is 1. The second kappa shape index (κ2) is 14.7. The summed E-state index contributed by atoms with van der Waals surface area (Å²) in [6.07, 6.45) is 4.52. The minimum atomic E-state index is -1.27. The number of ether oxygens (including phenoxy) is 1. The summed E-state index contributed by atoms with van der Waals surface area (Å²) in [7, 11) is 0.742. The SMILES string of the molecule is CCC(=O)CCCCC[C@H](NC(=O)C1CN(C)C1)c1c(Br)nc(-c2ccc(F)cc2)n1COCC[Si](C)(C)C. The van der Waals surface area contributed by atoms with Gasteiger partial charge >= 0.3 is 0 Å². The normalized spacial score (nSPS) is 15.3. The fourth-order valence-electron chi connectivity index (χ4n) is 4.71. The number of benzene rings is 1. The lowest BCUT2D eigenvalue weighted by Crippen LogP contribution is -2.52. The maximum Gasteiger partial charge on any atom is 0.226 e. The summed E-state index contributed by atoms with van der Waals surface area (Å²) >= 11 is 3.68. The van der Waals surface area contributed by atoms with Crippen LogP contribution in [0.1, 0.15) is 57.2 Å². The lowest BCUT2D eigenvalue weighted by atomic mass is 9.98. The number of imidazole rings is 1. The standard InChI is InChI=1S/C29H44BrFN4O3Si/c1-6-24(36)10-8-7-9-11-25(32-29(37)22-18-34(2)19-22)26-27(30)33-28(21-12-14-23(31)15-13-21)35(26)20-38-16-17-39(3,4)5/h12-15,22,25H,6-11,16-20H2,1-5H3,(H,32,37)/t25-/m0/s1. The van der Waals surface area contributed by atoms with E-state index in [2.05, 4.69) is 45.8 Å². The molecule has 0 unspecified atom stereocenters. The van der Waals surface area contributed by atoms with E-state index in [0.717, 1.165) is 56.1 Å². The number of amides is 1. The Morgan fingerprint density at radius 3 is 2.49 bits per heavy atom. The zero-order chi connectivity index (χ0) is 28.6. The Balaban J connectivity index is 1.87. The van der Waals surface area contributed by atoms with Crippen LogP contribution in [0.4, 0.5) is 4.39 Å². The average molecular weight is 624 g/mol. The van der Waals surface area contributed by atoms with Crippen molar-refractivity contribution < 1.29 is 18.7 Å². The highest BCUT2D eigenvalue weighted by Crippen LogP contribution is 2.33. The Morgan fingerprint density at radius 2 is 1.87 bits per heavy atom. The molecular weight excluding hydrogens is 579 g/mol. The smallest absolute Gasteiger partial charge is 0.226 e. The molecule has 10 heteroatoms. The van der Waals surface area contributed by atoms with Gasteiger partial charge < -0.3 is 19.5 Å². The number of Topliss-reactive ketones (excluding diaryl/α,β-unsaturated/α-hetero) is 1. The van der Waals surface area contributed by atoms with Gasteiger partial charge in [-0.3, -0.25) is 9.59 Å². The first-order valence-corrected chi connectivity index (χ1v) is 18.6. The van der Waals surface area contributed by atoms with Crippen LogP contribution in [-0.2, 0) is 21.1 Å². The highest BCUT2D eigenvalue weighted by atomic mass is 79.9. The Labute approximate surface area is 242 Å². The molecule has 1 aromatic carbocycles. The molecule has 0 spiro atoms. The van der Waals surface area contributed by atoms with Gasteiger partial charge in [0.1, 0.15) is 28.8 Å². The number of halogens is 2. The Bertz CT molecular complexity index is 1100. The average Bonchev–Trinajstić information content (AvgIpc) is 3.19. The van der Waals surface area contributed by atoms with Gasteiger partial charge in [0.2, 0.25) is 5.91 Å². The third-order valence-corrected chi connectivity index (χ3v) is 9.49. The van der Waals surface area contributed by atoms with E-state index in [4.69, 9.17) is 9.72 Å². The number of ketones is 1. The van der Waals surface area contributed by atoms with Gasteiger partial charge in [0.25, 0.3) is 0 Å². The Morgan fingerprint density at radius 1 is 1.18 bits per heavy atom. The zero-order valence-corrected chi connectivity index (χ0v) is 26.7. The van der Waals surface area contributed by atoms with Gasteiger partial charge in [-0.1, -0.05) is 39.4 Å². The molecule has 1 saturated heterocycles. The number of hydrogen-bond donors (Lipinski definition) is 1. The van der Waals surface area contributed by atoms with E-state index in [1.54, 1.807) is 12.1 Å². The molecule has 1 N–H and O–H groups in total. The molecule has 2 heterocycles. The molecule has 1 aliphatic rings. The van der Waals surface area contributed by atoms with Gasteiger partial charge in [0.05, 0.1) is 17.7 Å². The summed E-state index contributed by atoms with van der Waals surface area (Å²) < 4.78 is 22.5. The van der Waals surface area contributed by atoms with E-state index < -0.39 is 8.07 Å². The Hall–Kier alpha value is -1.88. The van der Waals surface area contributed by atoms with Crippen LogP contribution in [0.15, 0.2) is 28.9 Å². The van der Waals surface area contributed by atoms with E-state index >= 15 is 0 Å². The lowest BCUT2D eigenvalue weighted by Gasteiger charge is -2.36. The highest BCUT2D eigenvalue weighted by Gasteiger charge is 2.33. The molecule has 0 bridgehead atoms. The van der Waals surface area contributed by atoms with E-state index in [1.165, 1.54) is 12.1 Å². The molecule has 1 atom stereocenters. The Kier molecular flexibility index (Phi) is 11.9. The predicted molar refractivity (Wildman–Crippen MR) is 160 cm³/mol. The third-order valence-electron chi connectivity index (χ3n) is 7.21. The lowest BCUT2D eigenvalue weighted by molar-refractivity contribution is -0.130. The van der Waals surface area contributed by atoms with Crippen LogP contribution in [0, 0.1) is 11.7 Å². The molecule has 39 heavy (non-hydrogen) atoms. The number of carbonyl (C=O) groups is 2. The largest absolute Gasteiger partial charge is 0.361 e. The van der Waals surface area contributed by atoms with E-state index in [9.17, 15) is 14.0 Å². The van der Waals surface area contributed by atoms with Crippen LogP contribution in [-0.4, -0.2) is 61.0 Å². The van der Waals surface area contributed by atoms with Crippen molar-refractivity contribution in [2.45, 2.75) is 83.9 Å². The molecule has 1 amide bonds. The van der Waals surface area contributed by atoms with E-state index in [0.29, 0.717) is 29.9 Å². The molecule has 1 aliphatic heterocycles. The van der Waals surface area contributed by atoms with Crippen molar-refractivity contribution in [1.82, 2.24) is 19.8 Å². The van der Waals surface area contributed by atoms with Gasteiger partial charge in [-0.25, -0.2) is 9.37 Å². The van der Waals surface area contributed by atoms with Crippen LogP contribution in [0.5, 0.6) is 0 Å². The maximum absolute atomic E-state index is 13.7. The zero-order valence-electron chi connectivity index (χ0n) is 24.1. The van der Waals surface area contributed by atoms with Crippen molar-refractivity contribution >= 4 is 35.7 Å². The number of nitrogens with zero attached hydrogens (tertiary/aromatic N) is 3. The molecule has 1 fully saturated rings. The van der Waals surface area contributed by atoms with Gasteiger partial charge in [0, 0.05) is 46.2 Å². The monoisotopic (exact) mass is 622 g/mol. The summed E-state index contributed by atoms with van der Waals surface area (Å²) in [4.78, 5) is 31.9. The molecule has 1 aromatic heterocycles. The van der Waals surface area contributed by atoms with E-state index in [-0.39, 0.29) is 36.2 Å². The number of carbonyl (C=O) groups excluding carboxylic acids is 2. The first-order chi connectivity index (χ1) is 18.5. The second-order valence-corrected chi connectivity index (χ2v) is 18.2. The van der Waals surface area contributed by atoms with Crippen molar-refractivity contribution in [2.75, 3.05) is 26.7 Å². The van der Waals surface area contributed by atoms with Crippen molar-refractivity contribution in [1.29, 1.82) is 0 Å². The van der Waals surface area contributed by atoms with Crippen LogP contribution in [0.25, 0.3) is 11.4 Å². The maximum atomic E-state index is 13.7. The van der Waals surface area contributed by atoms with Crippen LogP contribution < -0.4 is 5.32 Å². The molecule has 2 aromatic rings. The summed E-state index contributed by atoms with van der Waals surface area (Å²) in [6.45, 7) is 11.3. The first-order valence-electron chi connectivity index (χ1n) is 14.1. The first kappa shape index (κ1) is 31.6. The number of rotatable bonds is 16. The molecular formula is C29H44BrFN4O3Si. The second-order valence-electron chi connectivity index (χ2n) is 11.9. The number of hydrogen-bond acceptors (Lipinski definition) is 5. The summed E-state index contributed by atoms with van der Waals surface area (Å²) in [6, 6.07) is 7.05. The molecule has 7 nitrogen and oxygen atoms in total. The minimum Gasteiger partial charge on any atom is -0.361 e. The third kappa shape index (κ3) is 9.62. The molecule has 216 valence electrons. The van der Waals surface area contributed by atoms with Gasteiger partial charge in [-0.2, -0.15) is 0 Å². The molecule has 0 radical (unpaired) electrons. The highest BCUT2D eigenvalue weighted by molar-refractivity contribution is 9.10. The van der Waals surface area contributed by atoms with Gasteiger partial charge in [-0.15, -0.1) is 0 Å². The van der Waals surface area contributed by atoms with Crippen molar-refractivity contribution in [3.63, 3.8) is 0 Å². The number of unbranched alkanes of at least 4 members (excludes halogenated alkanes) is 2. The van der Waals surface area contributed by atoms with Crippen molar-refractivity contribution in [2.24, 2.45) is 5.92 Å². The van der Waals surface area contributed by atoms with Crippen molar-refractivity contribution in [3.8, 4) is 11.4 Å². The van der Waals surface area contributed by atoms with Crippen LogP contribution in [0.3, 0.4) is 0 Å². The quantitative estimate of drug-likeness (QED) is 0.173. The summed E-state index contributed by atoms with van der Waals surface area (Å²) in [5.74, 6) is 0.663. The fourth-order valence-corrected chi connectivity index (χ4v) is 6.12. The summed E-state index contributed by atoms with van der Waals surface area (Å²) in [5, 5.41) is 3.30. The fraction of sp³-hybridized carbons (Fsp3) is 0.621. The van der Waals surface area contributed by atoms with Crippen molar-refractivity contribution in [3.05, 3.63) is 40.4 Å². The minimum absolute atomic E-state index is 0.0283. The molecule has 0 aliphatic carbocycles. The molecule has 3 rings (SSSR count). The predicted octanol–water partition coefficient (Wildman–Crippen LogP) is 6.41. The number of likely N-dealkylation sites (tertiary alicyclic amines) is 1. The summed E-state index contributed by atoms with van der Waals surface area (Å²) in [5.41, 5.74) is 1.63. The molecule has 0 saturated carbocycles. The number of aromatic nitrogens is 2. The van der Waals surface area contributed by atoms with Crippen LogP contribution >= 0.6 is 15.9 Å². The topological polar surface area (TPSA) is 76.5 Å². The van der Waals surface area contributed by atoms with Crippen LogP contribution in [0.2, 0.25) is 25.7 Å².